The first-order valence-corrected chi connectivity index (χ1v) is 11.2. The summed E-state index contributed by atoms with van der Waals surface area (Å²) >= 11 is 3.47. The van der Waals surface area contributed by atoms with E-state index in [9.17, 15) is 0 Å². The minimum atomic E-state index is 0.715. The second-order valence-corrected chi connectivity index (χ2v) is 8.36. The fourth-order valence-electron chi connectivity index (χ4n) is 3.39. The summed E-state index contributed by atoms with van der Waals surface area (Å²) in [5.41, 5.74) is 12.1. The Hall–Kier alpha value is -3.24. The smallest absolute Gasteiger partial charge is 0.152 e. The van der Waals surface area contributed by atoms with Gasteiger partial charge >= 0.3 is 0 Å². The van der Waals surface area contributed by atoms with Crippen LogP contribution in [0.1, 0.15) is 29.1 Å². The summed E-state index contributed by atoms with van der Waals surface area (Å²) in [4.78, 5) is 9.59. The van der Waals surface area contributed by atoms with Gasteiger partial charge < -0.3 is 5.73 Å². The molecule has 0 fully saturated rings. The van der Waals surface area contributed by atoms with Crippen molar-refractivity contribution in [3.05, 3.63) is 112 Å². The van der Waals surface area contributed by atoms with E-state index in [1.54, 1.807) is 0 Å². The Labute approximate surface area is 191 Å². The molecule has 2 N–H and O–H groups in total. The maximum absolute atomic E-state index is 5.86. The Morgan fingerprint density at radius 2 is 1.52 bits per heavy atom. The molecule has 0 amide bonds. The largest absolute Gasteiger partial charge is 0.399 e. The predicted molar refractivity (Wildman–Crippen MR) is 133 cm³/mol. The lowest BCUT2D eigenvalue weighted by Gasteiger charge is -2.08. The summed E-state index contributed by atoms with van der Waals surface area (Å²) in [6.07, 6.45) is 7.00. The molecule has 154 valence electrons. The van der Waals surface area contributed by atoms with E-state index in [-0.39, 0.29) is 0 Å². The minimum absolute atomic E-state index is 0.715. The highest BCUT2D eigenvalue weighted by atomic mass is 79.9. The van der Waals surface area contributed by atoms with Crippen molar-refractivity contribution in [1.82, 2.24) is 9.97 Å². The molecule has 1 heterocycles. The molecule has 4 aromatic rings. The van der Waals surface area contributed by atoms with Crippen molar-refractivity contribution in [2.24, 2.45) is 0 Å². The Bertz CT molecular complexity index is 1150. The third kappa shape index (κ3) is 6.12. The van der Waals surface area contributed by atoms with Crippen LogP contribution in [0, 0.1) is 0 Å². The molecule has 31 heavy (non-hydrogen) atoms. The normalized spacial score (nSPS) is 11.1. The summed E-state index contributed by atoms with van der Waals surface area (Å²) in [5.74, 6) is 0.715. The van der Waals surface area contributed by atoms with Crippen molar-refractivity contribution in [3.63, 3.8) is 0 Å². The van der Waals surface area contributed by atoms with Gasteiger partial charge in [-0.25, -0.2) is 9.97 Å². The van der Waals surface area contributed by atoms with Crippen LogP contribution in [0.5, 0.6) is 0 Å². The molecule has 0 saturated carbocycles. The van der Waals surface area contributed by atoms with Gasteiger partial charge in [0.15, 0.2) is 5.82 Å². The average Bonchev–Trinajstić information content (AvgIpc) is 2.80. The summed E-state index contributed by atoms with van der Waals surface area (Å²) < 4.78 is 1.06. The Balaban J connectivity index is 1.58. The van der Waals surface area contributed by atoms with Gasteiger partial charge in [-0.2, -0.15) is 0 Å². The number of aryl methyl sites for hydroxylation is 2. The third-order valence-corrected chi connectivity index (χ3v) is 5.57. The van der Waals surface area contributed by atoms with E-state index in [2.05, 4.69) is 64.5 Å². The topological polar surface area (TPSA) is 51.8 Å². The zero-order chi connectivity index (χ0) is 21.5. The van der Waals surface area contributed by atoms with Gasteiger partial charge in [0.05, 0.1) is 5.69 Å². The molecule has 3 nitrogen and oxygen atoms in total. The molecule has 0 unspecified atom stereocenters. The van der Waals surface area contributed by atoms with Crippen LogP contribution in [0.2, 0.25) is 0 Å². The van der Waals surface area contributed by atoms with Crippen LogP contribution in [0.15, 0.2) is 89.4 Å². The standard InChI is InChI=1S/C27H24BrN3/c28-23-14-9-21(10-15-23)11-18-27-30-25(8-4-7-20-5-2-1-3-6-20)19-26(31-27)22-12-16-24(29)17-13-22/h1-3,5-6,9-19H,4,7-8,29H2/b18-11+. The molecule has 0 atom stereocenters. The molecule has 0 radical (unpaired) electrons. The summed E-state index contributed by atoms with van der Waals surface area (Å²) in [5, 5.41) is 0. The molecule has 0 aliphatic carbocycles. The quantitative estimate of drug-likeness (QED) is 0.301. The van der Waals surface area contributed by atoms with E-state index in [0.717, 1.165) is 51.9 Å². The number of nitrogen functional groups attached to an aromatic ring is 1. The third-order valence-electron chi connectivity index (χ3n) is 5.04. The SMILES string of the molecule is Nc1ccc(-c2cc(CCCc3ccccc3)nc(/C=C/c3ccc(Br)cc3)n2)cc1. The minimum Gasteiger partial charge on any atom is -0.399 e. The highest BCUT2D eigenvalue weighted by Gasteiger charge is 2.06. The lowest BCUT2D eigenvalue weighted by Crippen LogP contribution is -1.99. The van der Waals surface area contributed by atoms with Crippen molar-refractivity contribution in [3.8, 4) is 11.3 Å². The first-order valence-electron chi connectivity index (χ1n) is 10.4. The maximum Gasteiger partial charge on any atom is 0.152 e. The molecule has 0 aliphatic rings. The zero-order valence-electron chi connectivity index (χ0n) is 17.2. The number of aromatic nitrogens is 2. The van der Waals surface area contributed by atoms with Gasteiger partial charge in [-0.3, -0.25) is 0 Å². The molecular weight excluding hydrogens is 446 g/mol. The molecule has 3 aromatic carbocycles. The van der Waals surface area contributed by atoms with Gasteiger partial charge in [0.1, 0.15) is 0 Å². The van der Waals surface area contributed by atoms with Crippen LogP contribution in [0.4, 0.5) is 5.69 Å². The van der Waals surface area contributed by atoms with E-state index in [1.807, 2.05) is 48.6 Å². The van der Waals surface area contributed by atoms with E-state index in [0.29, 0.717) is 5.82 Å². The monoisotopic (exact) mass is 469 g/mol. The van der Waals surface area contributed by atoms with Crippen LogP contribution in [0.25, 0.3) is 23.4 Å². The van der Waals surface area contributed by atoms with Crippen LogP contribution in [-0.2, 0) is 12.8 Å². The van der Waals surface area contributed by atoms with Crippen molar-refractivity contribution in [2.75, 3.05) is 5.73 Å². The van der Waals surface area contributed by atoms with E-state index in [1.165, 1.54) is 5.56 Å². The molecular formula is C27H24BrN3. The second kappa shape index (κ2) is 10.2. The molecule has 0 aliphatic heterocycles. The summed E-state index contributed by atoms with van der Waals surface area (Å²) in [7, 11) is 0. The van der Waals surface area contributed by atoms with Crippen LogP contribution in [-0.4, -0.2) is 9.97 Å². The van der Waals surface area contributed by atoms with Gasteiger partial charge in [0.2, 0.25) is 0 Å². The number of anilines is 1. The van der Waals surface area contributed by atoms with Crippen molar-refractivity contribution in [1.29, 1.82) is 0 Å². The lowest BCUT2D eigenvalue weighted by molar-refractivity contribution is 0.794. The fraction of sp³-hybridized carbons (Fsp3) is 0.111. The van der Waals surface area contributed by atoms with Crippen LogP contribution < -0.4 is 5.73 Å². The number of hydrogen-bond donors (Lipinski definition) is 1. The predicted octanol–water partition coefficient (Wildman–Crippen LogP) is 6.83. The number of benzene rings is 3. The second-order valence-electron chi connectivity index (χ2n) is 7.45. The van der Waals surface area contributed by atoms with Gasteiger partial charge in [0, 0.05) is 21.4 Å². The van der Waals surface area contributed by atoms with Crippen LogP contribution >= 0.6 is 15.9 Å². The number of nitrogens with zero attached hydrogens (tertiary/aromatic N) is 2. The van der Waals surface area contributed by atoms with Gasteiger partial charge in [-0.05, 0) is 66.8 Å². The molecule has 0 bridgehead atoms. The Morgan fingerprint density at radius 3 is 2.26 bits per heavy atom. The number of nitrogens with two attached hydrogens (primary N) is 1. The Morgan fingerprint density at radius 1 is 0.774 bits per heavy atom. The summed E-state index contributed by atoms with van der Waals surface area (Å²) in [6.45, 7) is 0. The molecule has 4 heteroatoms. The highest BCUT2D eigenvalue weighted by molar-refractivity contribution is 9.10. The molecule has 0 spiro atoms. The number of halogens is 1. The number of rotatable bonds is 7. The molecule has 0 saturated heterocycles. The maximum atomic E-state index is 5.86. The lowest BCUT2D eigenvalue weighted by atomic mass is 10.1. The van der Waals surface area contributed by atoms with Crippen molar-refractivity contribution in [2.45, 2.75) is 19.3 Å². The van der Waals surface area contributed by atoms with Crippen molar-refractivity contribution >= 4 is 33.8 Å². The average molecular weight is 470 g/mol. The molecule has 1 aromatic heterocycles. The van der Waals surface area contributed by atoms with Crippen LogP contribution in [0.3, 0.4) is 0 Å². The van der Waals surface area contributed by atoms with Gasteiger partial charge in [0.25, 0.3) is 0 Å². The van der Waals surface area contributed by atoms with Gasteiger partial charge in [-0.1, -0.05) is 76.6 Å². The molecule has 4 rings (SSSR count). The van der Waals surface area contributed by atoms with E-state index in [4.69, 9.17) is 15.7 Å². The zero-order valence-corrected chi connectivity index (χ0v) is 18.8. The van der Waals surface area contributed by atoms with E-state index < -0.39 is 0 Å². The van der Waals surface area contributed by atoms with E-state index >= 15 is 0 Å². The fourth-order valence-corrected chi connectivity index (χ4v) is 3.65. The van der Waals surface area contributed by atoms with Gasteiger partial charge in [-0.15, -0.1) is 0 Å². The Kier molecular flexibility index (Phi) is 6.90. The van der Waals surface area contributed by atoms with Crippen molar-refractivity contribution < 1.29 is 0 Å². The first kappa shape index (κ1) is 21.0. The number of hydrogen-bond acceptors (Lipinski definition) is 3. The highest BCUT2D eigenvalue weighted by Crippen LogP contribution is 2.21. The first-order chi connectivity index (χ1) is 15.2. The summed E-state index contributed by atoms with van der Waals surface area (Å²) in [6, 6.07) is 28.7.